The van der Waals surface area contributed by atoms with E-state index in [9.17, 15) is 29.4 Å². The van der Waals surface area contributed by atoms with Crippen LogP contribution in [0.25, 0.3) is 0 Å². The Kier molecular flexibility index (Phi) is 12.4. The molecule has 0 aliphatic carbocycles. The SMILES string of the molecule is CSCCC(NC(=O)C(C)NC(=O)C(CC(C)C)NC(=O)C(N)Cc1ccc(O)cc1)C(=O)O. The van der Waals surface area contributed by atoms with Gasteiger partial charge in [-0.25, -0.2) is 4.79 Å². The molecule has 0 saturated carbocycles. The average Bonchev–Trinajstić information content (AvgIpc) is 2.76. The van der Waals surface area contributed by atoms with Crippen LogP contribution in [-0.2, 0) is 25.6 Å². The van der Waals surface area contributed by atoms with Crippen LogP contribution in [-0.4, -0.2) is 70.1 Å². The van der Waals surface area contributed by atoms with Crippen LogP contribution in [0.5, 0.6) is 5.75 Å². The van der Waals surface area contributed by atoms with Gasteiger partial charge in [0.15, 0.2) is 0 Å². The largest absolute Gasteiger partial charge is 0.508 e. The molecule has 7 N–H and O–H groups in total. The molecule has 34 heavy (non-hydrogen) atoms. The topological polar surface area (TPSA) is 171 Å². The van der Waals surface area contributed by atoms with Gasteiger partial charge in [0.05, 0.1) is 6.04 Å². The molecule has 0 heterocycles. The Labute approximate surface area is 204 Å². The van der Waals surface area contributed by atoms with Gasteiger partial charge in [-0.2, -0.15) is 11.8 Å². The zero-order valence-corrected chi connectivity index (χ0v) is 20.9. The minimum Gasteiger partial charge on any atom is -0.508 e. The number of carboxylic acid groups (broad SMARTS) is 1. The number of nitrogens with one attached hydrogen (secondary N) is 3. The van der Waals surface area contributed by atoms with Crippen LogP contribution in [0.3, 0.4) is 0 Å². The second-order valence-electron chi connectivity index (χ2n) is 8.58. The summed E-state index contributed by atoms with van der Waals surface area (Å²) in [4.78, 5) is 49.3. The number of carbonyl (C=O) groups is 4. The molecule has 11 heteroatoms. The zero-order chi connectivity index (χ0) is 25.8. The van der Waals surface area contributed by atoms with Crippen molar-refractivity contribution in [1.29, 1.82) is 0 Å². The maximum atomic E-state index is 12.8. The number of rotatable bonds is 14. The highest BCUT2D eigenvalue weighted by atomic mass is 32.2. The number of carbonyl (C=O) groups excluding carboxylic acids is 3. The van der Waals surface area contributed by atoms with Gasteiger partial charge in [0.1, 0.15) is 23.9 Å². The molecule has 0 radical (unpaired) electrons. The predicted molar refractivity (Wildman–Crippen MR) is 131 cm³/mol. The molecule has 3 amide bonds. The molecule has 0 aliphatic heterocycles. The fourth-order valence-corrected chi connectivity index (χ4v) is 3.60. The molecule has 0 aliphatic rings. The molecule has 0 aromatic heterocycles. The van der Waals surface area contributed by atoms with Crippen LogP contribution < -0.4 is 21.7 Å². The molecule has 190 valence electrons. The van der Waals surface area contributed by atoms with Crippen molar-refractivity contribution in [3.63, 3.8) is 0 Å². The van der Waals surface area contributed by atoms with Crippen LogP contribution in [0.4, 0.5) is 0 Å². The quantitative estimate of drug-likeness (QED) is 0.218. The Morgan fingerprint density at radius 1 is 0.941 bits per heavy atom. The summed E-state index contributed by atoms with van der Waals surface area (Å²) in [5, 5.41) is 26.3. The van der Waals surface area contributed by atoms with Gasteiger partial charge in [-0.1, -0.05) is 26.0 Å². The highest BCUT2D eigenvalue weighted by molar-refractivity contribution is 7.98. The lowest BCUT2D eigenvalue weighted by Gasteiger charge is -2.24. The number of phenols is 1. The van der Waals surface area contributed by atoms with Gasteiger partial charge in [0.2, 0.25) is 17.7 Å². The van der Waals surface area contributed by atoms with E-state index in [-0.39, 0.29) is 24.5 Å². The lowest BCUT2D eigenvalue weighted by atomic mass is 10.0. The van der Waals surface area contributed by atoms with Crippen molar-refractivity contribution in [2.45, 2.75) is 64.2 Å². The van der Waals surface area contributed by atoms with E-state index >= 15 is 0 Å². The summed E-state index contributed by atoms with van der Waals surface area (Å²) in [7, 11) is 0. The van der Waals surface area contributed by atoms with Crippen molar-refractivity contribution in [2.24, 2.45) is 11.7 Å². The number of hydrogen-bond acceptors (Lipinski definition) is 7. The monoisotopic (exact) mass is 496 g/mol. The molecule has 1 aromatic rings. The van der Waals surface area contributed by atoms with E-state index in [0.717, 1.165) is 5.56 Å². The summed E-state index contributed by atoms with van der Waals surface area (Å²) in [6.07, 6.45) is 2.63. The van der Waals surface area contributed by atoms with E-state index in [1.54, 1.807) is 12.1 Å². The van der Waals surface area contributed by atoms with Crippen molar-refractivity contribution < 1.29 is 29.4 Å². The van der Waals surface area contributed by atoms with Crippen LogP contribution >= 0.6 is 11.8 Å². The second kappa shape index (κ2) is 14.5. The van der Waals surface area contributed by atoms with Crippen molar-refractivity contribution in [3.8, 4) is 5.75 Å². The third-order valence-corrected chi connectivity index (χ3v) is 5.69. The smallest absolute Gasteiger partial charge is 0.326 e. The van der Waals surface area contributed by atoms with Gasteiger partial charge in [0.25, 0.3) is 0 Å². The third kappa shape index (κ3) is 10.4. The summed E-state index contributed by atoms with van der Waals surface area (Å²) < 4.78 is 0. The number of amides is 3. The van der Waals surface area contributed by atoms with Gasteiger partial charge in [-0.15, -0.1) is 0 Å². The van der Waals surface area contributed by atoms with E-state index in [1.807, 2.05) is 20.1 Å². The van der Waals surface area contributed by atoms with Crippen molar-refractivity contribution in [3.05, 3.63) is 29.8 Å². The van der Waals surface area contributed by atoms with Crippen molar-refractivity contribution in [2.75, 3.05) is 12.0 Å². The van der Waals surface area contributed by atoms with Gasteiger partial charge in [-0.3, -0.25) is 14.4 Å². The minimum absolute atomic E-state index is 0.0661. The molecular weight excluding hydrogens is 460 g/mol. The van der Waals surface area contributed by atoms with Crippen LogP contribution in [0.1, 0.15) is 39.2 Å². The van der Waals surface area contributed by atoms with Crippen LogP contribution in [0.15, 0.2) is 24.3 Å². The molecule has 0 spiro atoms. The molecule has 1 aromatic carbocycles. The highest BCUT2D eigenvalue weighted by Crippen LogP contribution is 2.12. The lowest BCUT2D eigenvalue weighted by Crippen LogP contribution is -2.56. The molecule has 0 bridgehead atoms. The maximum Gasteiger partial charge on any atom is 0.326 e. The maximum absolute atomic E-state index is 12.8. The second-order valence-corrected chi connectivity index (χ2v) is 9.56. The van der Waals surface area contributed by atoms with Gasteiger partial charge in [-0.05, 0) is 61.8 Å². The first kappa shape index (κ1) is 29.2. The molecule has 1 rings (SSSR count). The molecule has 4 atom stereocenters. The fourth-order valence-electron chi connectivity index (χ4n) is 3.13. The third-order valence-electron chi connectivity index (χ3n) is 5.05. The van der Waals surface area contributed by atoms with E-state index in [1.165, 1.54) is 30.8 Å². The molecule has 0 saturated heterocycles. The first-order valence-corrected chi connectivity index (χ1v) is 12.5. The molecular formula is C23H36N4O6S. The van der Waals surface area contributed by atoms with Gasteiger partial charge >= 0.3 is 5.97 Å². The first-order valence-electron chi connectivity index (χ1n) is 11.1. The van der Waals surface area contributed by atoms with E-state index in [4.69, 9.17) is 5.73 Å². The van der Waals surface area contributed by atoms with Crippen molar-refractivity contribution in [1.82, 2.24) is 16.0 Å². The van der Waals surface area contributed by atoms with Gasteiger partial charge < -0.3 is 31.9 Å². The number of thioether (sulfide) groups is 1. The minimum atomic E-state index is -1.14. The number of benzene rings is 1. The Bertz CT molecular complexity index is 833. The Morgan fingerprint density at radius 3 is 2.06 bits per heavy atom. The Morgan fingerprint density at radius 2 is 1.53 bits per heavy atom. The predicted octanol–water partition coefficient (Wildman–Crippen LogP) is 0.620. The van der Waals surface area contributed by atoms with E-state index in [2.05, 4.69) is 16.0 Å². The summed E-state index contributed by atoms with van der Waals surface area (Å²) >= 11 is 1.47. The highest BCUT2D eigenvalue weighted by Gasteiger charge is 2.28. The summed E-state index contributed by atoms with van der Waals surface area (Å²) in [5.74, 6) is -2.12. The number of carboxylic acids is 1. The summed E-state index contributed by atoms with van der Waals surface area (Å²) in [6.45, 7) is 5.23. The summed E-state index contributed by atoms with van der Waals surface area (Å²) in [6, 6.07) is 2.43. The lowest BCUT2D eigenvalue weighted by molar-refractivity contribution is -0.142. The fraction of sp³-hybridized carbons (Fsp3) is 0.565. The van der Waals surface area contributed by atoms with E-state index in [0.29, 0.717) is 12.2 Å². The first-order chi connectivity index (χ1) is 15.9. The normalized spacial score (nSPS) is 14.5. The molecule has 10 nitrogen and oxygen atoms in total. The van der Waals surface area contributed by atoms with Crippen LogP contribution in [0.2, 0.25) is 0 Å². The standard InChI is InChI=1S/C23H36N4O6S/c1-13(2)11-19(27-21(30)17(24)12-15-5-7-16(28)8-6-15)22(31)25-14(3)20(29)26-18(23(32)33)9-10-34-4/h5-8,13-14,17-19,28H,9-12,24H2,1-4H3,(H,25,31)(H,26,29)(H,27,30)(H,32,33). The molecule has 4 unspecified atom stereocenters. The molecule has 0 fully saturated rings. The zero-order valence-electron chi connectivity index (χ0n) is 20.0. The van der Waals surface area contributed by atoms with E-state index < -0.39 is 47.9 Å². The van der Waals surface area contributed by atoms with Crippen LogP contribution in [0, 0.1) is 5.92 Å². The number of phenolic OH excluding ortho intramolecular Hbond substituents is 1. The summed E-state index contributed by atoms with van der Waals surface area (Å²) in [5.41, 5.74) is 6.77. The average molecular weight is 497 g/mol. The number of nitrogens with two attached hydrogens (primary N) is 1. The van der Waals surface area contributed by atoms with Gasteiger partial charge in [0, 0.05) is 0 Å². The van der Waals surface area contributed by atoms with Crippen molar-refractivity contribution >= 4 is 35.5 Å². The number of aromatic hydroxyl groups is 1. The number of aliphatic carboxylic acids is 1. The Balaban J connectivity index is 2.75. The Hall–Kier alpha value is -2.79. The number of hydrogen-bond donors (Lipinski definition) is 6.